The van der Waals surface area contributed by atoms with Gasteiger partial charge in [-0.1, -0.05) is 25.7 Å². The summed E-state index contributed by atoms with van der Waals surface area (Å²) in [6.45, 7) is 0.573. The van der Waals surface area contributed by atoms with Crippen LogP contribution in [-0.4, -0.2) is 41.6 Å². The van der Waals surface area contributed by atoms with E-state index in [-0.39, 0.29) is 17.7 Å². The molecule has 1 saturated heterocycles. The molecule has 0 bridgehead atoms. The number of piperidine rings is 1. The molecule has 20 heavy (non-hydrogen) atoms. The molecule has 0 aromatic heterocycles. The zero-order valence-electron chi connectivity index (χ0n) is 12.0. The minimum atomic E-state index is -3.24. The van der Waals surface area contributed by atoms with Crippen LogP contribution in [0, 0.1) is 0 Å². The van der Waals surface area contributed by atoms with Crippen LogP contribution in [0.5, 0.6) is 0 Å². The molecule has 1 heterocycles. The van der Waals surface area contributed by atoms with Gasteiger partial charge in [0.1, 0.15) is 0 Å². The Hall–Kier alpha value is -0.620. The second-order valence-corrected chi connectivity index (χ2v) is 8.16. The fourth-order valence-corrected chi connectivity index (χ4v) is 5.76. The average Bonchev–Trinajstić information content (AvgIpc) is 2.46. The molecule has 6 heteroatoms. The van der Waals surface area contributed by atoms with Crippen molar-refractivity contribution in [1.29, 1.82) is 0 Å². The topological polar surface area (TPSA) is 74.7 Å². The van der Waals surface area contributed by atoms with Gasteiger partial charge in [-0.05, 0) is 32.1 Å². The number of nitrogens with zero attached hydrogens (tertiary/aromatic N) is 1. The summed E-state index contributed by atoms with van der Waals surface area (Å²) in [5.41, 5.74) is 0. The minimum Gasteiger partial charge on any atom is -0.481 e. The van der Waals surface area contributed by atoms with Crippen molar-refractivity contribution in [3.8, 4) is 0 Å². The Balaban J connectivity index is 2.07. The first-order chi connectivity index (χ1) is 9.51. The van der Waals surface area contributed by atoms with Crippen molar-refractivity contribution in [2.75, 3.05) is 6.54 Å². The molecule has 5 nitrogen and oxygen atoms in total. The number of carboxylic acid groups (broad SMARTS) is 1. The third-order valence-corrected chi connectivity index (χ3v) is 7.01. The highest BCUT2D eigenvalue weighted by Crippen LogP contribution is 2.31. The summed E-state index contributed by atoms with van der Waals surface area (Å²) in [6, 6.07) is -0.105. The molecule has 1 aliphatic heterocycles. The van der Waals surface area contributed by atoms with E-state index in [2.05, 4.69) is 0 Å². The number of carboxylic acids is 1. The van der Waals surface area contributed by atoms with Gasteiger partial charge < -0.3 is 5.11 Å². The predicted molar refractivity (Wildman–Crippen MR) is 77.0 cm³/mol. The Morgan fingerprint density at radius 1 is 1.05 bits per heavy atom. The molecule has 2 aliphatic rings. The summed E-state index contributed by atoms with van der Waals surface area (Å²) in [4.78, 5) is 10.7. The molecule has 0 aromatic rings. The molecule has 0 radical (unpaired) electrons. The lowest BCUT2D eigenvalue weighted by atomic mass is 10.0. The monoisotopic (exact) mass is 303 g/mol. The Morgan fingerprint density at radius 2 is 1.70 bits per heavy atom. The maximum atomic E-state index is 12.8. The summed E-state index contributed by atoms with van der Waals surface area (Å²) in [6.07, 6.45) is 7.87. The van der Waals surface area contributed by atoms with E-state index in [1.165, 1.54) is 0 Å². The fraction of sp³-hybridized carbons (Fsp3) is 0.929. The third-order valence-electron chi connectivity index (χ3n) is 4.56. The number of hydrogen-bond donors (Lipinski definition) is 1. The van der Waals surface area contributed by atoms with E-state index in [4.69, 9.17) is 5.11 Å². The van der Waals surface area contributed by atoms with Crippen molar-refractivity contribution >= 4 is 16.0 Å². The molecule has 0 spiro atoms. The van der Waals surface area contributed by atoms with Gasteiger partial charge in [0.15, 0.2) is 0 Å². The van der Waals surface area contributed by atoms with Gasteiger partial charge in [0.05, 0.1) is 5.25 Å². The molecular weight excluding hydrogens is 278 g/mol. The lowest BCUT2D eigenvalue weighted by Gasteiger charge is -2.38. The van der Waals surface area contributed by atoms with Gasteiger partial charge in [-0.2, -0.15) is 4.31 Å². The van der Waals surface area contributed by atoms with Crippen molar-refractivity contribution in [2.45, 2.75) is 75.5 Å². The Bertz CT molecular complexity index is 428. The van der Waals surface area contributed by atoms with Gasteiger partial charge >= 0.3 is 5.97 Å². The van der Waals surface area contributed by atoms with Crippen LogP contribution in [0.15, 0.2) is 0 Å². The highest BCUT2D eigenvalue weighted by molar-refractivity contribution is 7.89. The third kappa shape index (κ3) is 3.73. The van der Waals surface area contributed by atoms with Crippen LogP contribution >= 0.6 is 0 Å². The van der Waals surface area contributed by atoms with E-state index in [1.807, 2.05) is 0 Å². The molecule has 2 rings (SSSR count). The first kappa shape index (κ1) is 15.8. The Morgan fingerprint density at radius 3 is 2.35 bits per heavy atom. The van der Waals surface area contributed by atoms with E-state index in [0.717, 1.165) is 51.4 Å². The largest absolute Gasteiger partial charge is 0.481 e. The SMILES string of the molecule is O=C(O)CCC1CCCCN1S(=O)(=O)C1CCCCC1. The summed E-state index contributed by atoms with van der Waals surface area (Å²) < 4.78 is 27.2. The van der Waals surface area contributed by atoms with Gasteiger partial charge in [-0.25, -0.2) is 8.42 Å². The first-order valence-corrected chi connectivity index (χ1v) is 9.24. The number of carbonyl (C=O) groups is 1. The van der Waals surface area contributed by atoms with Crippen molar-refractivity contribution in [1.82, 2.24) is 4.31 Å². The highest BCUT2D eigenvalue weighted by Gasteiger charge is 2.38. The summed E-state index contributed by atoms with van der Waals surface area (Å²) in [5.74, 6) is -0.842. The standard InChI is InChI=1S/C14H25NO4S/c16-14(17)10-9-12-6-4-5-11-15(12)20(18,19)13-7-2-1-3-8-13/h12-13H,1-11H2,(H,16,17). The number of sulfonamides is 1. The average molecular weight is 303 g/mol. The van der Waals surface area contributed by atoms with E-state index < -0.39 is 16.0 Å². The maximum absolute atomic E-state index is 12.8. The van der Waals surface area contributed by atoms with Crippen LogP contribution in [0.4, 0.5) is 0 Å². The Labute approximate surface area is 121 Å². The zero-order valence-corrected chi connectivity index (χ0v) is 12.8. The maximum Gasteiger partial charge on any atom is 0.303 e. The van der Waals surface area contributed by atoms with Crippen molar-refractivity contribution in [3.05, 3.63) is 0 Å². The molecule has 2 fully saturated rings. The normalized spacial score (nSPS) is 26.5. The molecule has 0 amide bonds. The van der Waals surface area contributed by atoms with E-state index in [0.29, 0.717) is 13.0 Å². The van der Waals surface area contributed by atoms with Crippen LogP contribution in [-0.2, 0) is 14.8 Å². The molecule has 1 unspecified atom stereocenters. The van der Waals surface area contributed by atoms with E-state index >= 15 is 0 Å². The quantitative estimate of drug-likeness (QED) is 0.846. The second kappa shape index (κ2) is 6.89. The lowest BCUT2D eigenvalue weighted by Crippen LogP contribution is -2.48. The summed E-state index contributed by atoms with van der Waals surface area (Å²) >= 11 is 0. The van der Waals surface area contributed by atoms with Crippen LogP contribution in [0.2, 0.25) is 0 Å². The Kier molecular flexibility index (Phi) is 5.43. The number of aliphatic carboxylic acids is 1. The van der Waals surface area contributed by atoms with Crippen molar-refractivity contribution in [2.24, 2.45) is 0 Å². The number of rotatable bonds is 5. The lowest BCUT2D eigenvalue weighted by molar-refractivity contribution is -0.137. The van der Waals surface area contributed by atoms with Gasteiger partial charge in [0, 0.05) is 19.0 Å². The van der Waals surface area contributed by atoms with Gasteiger partial charge in [0.25, 0.3) is 0 Å². The minimum absolute atomic E-state index is 0.0569. The highest BCUT2D eigenvalue weighted by atomic mass is 32.2. The molecule has 116 valence electrons. The fourth-order valence-electron chi connectivity index (χ4n) is 3.44. The zero-order chi connectivity index (χ0) is 14.6. The molecule has 1 aliphatic carbocycles. The van der Waals surface area contributed by atoms with Crippen LogP contribution in [0.1, 0.15) is 64.2 Å². The van der Waals surface area contributed by atoms with E-state index in [9.17, 15) is 13.2 Å². The van der Waals surface area contributed by atoms with Crippen LogP contribution < -0.4 is 0 Å². The summed E-state index contributed by atoms with van der Waals surface area (Å²) in [7, 11) is -3.24. The smallest absolute Gasteiger partial charge is 0.303 e. The molecule has 1 saturated carbocycles. The second-order valence-electron chi connectivity index (χ2n) is 6.00. The molecule has 1 atom stereocenters. The van der Waals surface area contributed by atoms with Crippen LogP contribution in [0.3, 0.4) is 0 Å². The first-order valence-electron chi connectivity index (χ1n) is 7.74. The van der Waals surface area contributed by atoms with Crippen molar-refractivity contribution < 1.29 is 18.3 Å². The molecule has 1 N–H and O–H groups in total. The predicted octanol–water partition coefficient (Wildman–Crippen LogP) is 2.37. The number of hydrogen-bond acceptors (Lipinski definition) is 3. The molecule has 0 aromatic carbocycles. The van der Waals surface area contributed by atoms with E-state index in [1.54, 1.807) is 4.31 Å². The summed E-state index contributed by atoms with van der Waals surface area (Å²) in [5, 5.41) is 8.58. The molecular formula is C14H25NO4S. The van der Waals surface area contributed by atoms with Gasteiger partial charge in [-0.3, -0.25) is 4.79 Å². The van der Waals surface area contributed by atoms with Crippen LogP contribution in [0.25, 0.3) is 0 Å². The van der Waals surface area contributed by atoms with Crippen molar-refractivity contribution in [3.63, 3.8) is 0 Å². The van der Waals surface area contributed by atoms with Gasteiger partial charge in [-0.15, -0.1) is 0 Å². The van der Waals surface area contributed by atoms with Gasteiger partial charge in [0.2, 0.25) is 10.0 Å².